The van der Waals surface area contributed by atoms with Gasteiger partial charge in [0.2, 0.25) is 0 Å². The van der Waals surface area contributed by atoms with E-state index in [4.69, 9.17) is 9.57 Å². The van der Waals surface area contributed by atoms with Crippen molar-refractivity contribution >= 4 is 15.9 Å². The van der Waals surface area contributed by atoms with Crippen molar-refractivity contribution in [1.82, 2.24) is 5.48 Å². The fourth-order valence-corrected chi connectivity index (χ4v) is 1.08. The van der Waals surface area contributed by atoms with E-state index in [2.05, 4.69) is 21.4 Å². The third kappa shape index (κ3) is 1.26. The van der Waals surface area contributed by atoms with Crippen molar-refractivity contribution in [3.05, 3.63) is 12.3 Å². The van der Waals surface area contributed by atoms with Gasteiger partial charge < -0.3 is 9.57 Å². The minimum atomic E-state index is -0.458. The number of rotatable bonds is 2. The van der Waals surface area contributed by atoms with E-state index in [-0.39, 0.29) is 0 Å². The van der Waals surface area contributed by atoms with Gasteiger partial charge in [-0.15, -0.1) is 5.48 Å². The predicted octanol–water partition coefficient (Wildman–Crippen LogP) is 0.772. The molecule has 4 heteroatoms. The predicted molar refractivity (Wildman–Crippen MR) is 36.9 cm³/mol. The molecular weight excluding hydrogens is 186 g/mol. The first-order valence-electron chi connectivity index (χ1n) is 2.55. The molecule has 0 saturated carbocycles. The van der Waals surface area contributed by atoms with Gasteiger partial charge in [-0.05, 0) is 0 Å². The molecule has 0 aromatic carbocycles. The van der Waals surface area contributed by atoms with E-state index in [1.54, 1.807) is 13.4 Å². The second kappa shape index (κ2) is 2.68. The maximum Gasteiger partial charge on any atom is 0.182 e. The van der Waals surface area contributed by atoms with E-state index in [0.29, 0.717) is 5.33 Å². The van der Waals surface area contributed by atoms with Crippen LogP contribution in [0.15, 0.2) is 12.3 Å². The van der Waals surface area contributed by atoms with Crippen molar-refractivity contribution in [3.8, 4) is 0 Å². The van der Waals surface area contributed by atoms with Gasteiger partial charge in [-0.3, -0.25) is 0 Å². The molecule has 0 saturated heterocycles. The zero-order chi connectivity index (χ0) is 6.74. The second-order valence-corrected chi connectivity index (χ2v) is 2.31. The maximum atomic E-state index is 5.08. The van der Waals surface area contributed by atoms with Gasteiger partial charge in [0.1, 0.15) is 6.26 Å². The van der Waals surface area contributed by atoms with E-state index < -0.39 is 5.72 Å². The van der Waals surface area contributed by atoms with Crippen LogP contribution in [-0.4, -0.2) is 18.2 Å². The van der Waals surface area contributed by atoms with Crippen LogP contribution in [0.4, 0.5) is 0 Å². The van der Waals surface area contributed by atoms with Crippen molar-refractivity contribution in [2.24, 2.45) is 0 Å². The zero-order valence-electron chi connectivity index (χ0n) is 5.06. The minimum absolute atomic E-state index is 0.458. The first kappa shape index (κ1) is 7.05. The highest BCUT2D eigenvalue weighted by molar-refractivity contribution is 9.09. The third-order valence-electron chi connectivity index (χ3n) is 1.20. The van der Waals surface area contributed by atoms with Crippen molar-refractivity contribution < 1.29 is 9.57 Å². The second-order valence-electron chi connectivity index (χ2n) is 1.75. The van der Waals surface area contributed by atoms with Crippen LogP contribution < -0.4 is 5.48 Å². The third-order valence-corrected chi connectivity index (χ3v) is 2.03. The number of nitrogens with one attached hydrogen (secondary N) is 1. The highest BCUT2D eigenvalue weighted by atomic mass is 79.9. The molecule has 1 atom stereocenters. The normalized spacial score (nSPS) is 32.7. The molecule has 0 aromatic heterocycles. The molecule has 1 rings (SSSR count). The molecule has 0 spiro atoms. The van der Waals surface area contributed by atoms with Gasteiger partial charge in [0, 0.05) is 13.2 Å². The molecule has 9 heavy (non-hydrogen) atoms. The van der Waals surface area contributed by atoms with Crippen LogP contribution in [0.1, 0.15) is 0 Å². The van der Waals surface area contributed by atoms with Crippen LogP contribution in [-0.2, 0) is 9.57 Å². The summed E-state index contributed by atoms with van der Waals surface area (Å²) in [5.41, 5.74) is 2.23. The molecular formula is C5H8BrNO2. The van der Waals surface area contributed by atoms with E-state index >= 15 is 0 Å². The Balaban J connectivity index is 2.57. The Kier molecular flexibility index (Phi) is 2.10. The van der Waals surface area contributed by atoms with Crippen LogP contribution in [0.2, 0.25) is 0 Å². The molecule has 1 aliphatic rings. The lowest BCUT2D eigenvalue weighted by atomic mass is 10.3. The first-order valence-corrected chi connectivity index (χ1v) is 3.67. The standard InChI is InChI=1S/C5H8BrNO2/c1-8-5(4-6)2-3-9-7-5/h2-3,7H,4H2,1H3. The molecule has 1 heterocycles. The summed E-state index contributed by atoms with van der Waals surface area (Å²) < 4.78 is 5.08. The van der Waals surface area contributed by atoms with Crippen LogP contribution in [0.5, 0.6) is 0 Å². The molecule has 0 aromatic rings. The Morgan fingerprint density at radius 1 is 1.89 bits per heavy atom. The lowest BCUT2D eigenvalue weighted by Gasteiger charge is -2.20. The molecule has 0 amide bonds. The lowest BCUT2D eigenvalue weighted by molar-refractivity contribution is -0.0508. The molecule has 0 radical (unpaired) electrons. The van der Waals surface area contributed by atoms with Crippen LogP contribution in [0, 0.1) is 0 Å². The van der Waals surface area contributed by atoms with Crippen molar-refractivity contribution in [3.63, 3.8) is 0 Å². The fourth-order valence-electron chi connectivity index (χ4n) is 0.548. The van der Waals surface area contributed by atoms with Crippen LogP contribution in [0.25, 0.3) is 0 Å². The Morgan fingerprint density at radius 3 is 2.89 bits per heavy atom. The fraction of sp³-hybridized carbons (Fsp3) is 0.600. The summed E-state index contributed by atoms with van der Waals surface area (Å²) in [5, 5.41) is 0.674. The summed E-state index contributed by atoms with van der Waals surface area (Å²) in [6.45, 7) is 0. The molecule has 1 N–H and O–H groups in total. The van der Waals surface area contributed by atoms with E-state index in [1.165, 1.54) is 0 Å². The largest absolute Gasteiger partial charge is 0.414 e. The monoisotopic (exact) mass is 193 g/mol. The van der Waals surface area contributed by atoms with E-state index in [9.17, 15) is 0 Å². The number of methoxy groups -OCH3 is 1. The first-order chi connectivity index (χ1) is 4.33. The average molecular weight is 194 g/mol. The number of ether oxygens (including phenoxy) is 1. The number of hydroxylamine groups is 1. The highest BCUT2D eigenvalue weighted by Crippen LogP contribution is 2.15. The number of hydrogen-bond acceptors (Lipinski definition) is 3. The topological polar surface area (TPSA) is 30.5 Å². The highest BCUT2D eigenvalue weighted by Gasteiger charge is 2.29. The number of alkyl halides is 1. The summed E-state index contributed by atoms with van der Waals surface area (Å²) in [5.74, 6) is 0. The van der Waals surface area contributed by atoms with Crippen LogP contribution in [0.3, 0.4) is 0 Å². The van der Waals surface area contributed by atoms with Crippen LogP contribution >= 0.6 is 15.9 Å². The van der Waals surface area contributed by atoms with Gasteiger partial charge in [0.25, 0.3) is 0 Å². The van der Waals surface area contributed by atoms with Gasteiger partial charge in [-0.1, -0.05) is 15.9 Å². The molecule has 52 valence electrons. The number of halogens is 1. The van der Waals surface area contributed by atoms with Gasteiger partial charge in [0.05, 0.1) is 5.33 Å². The molecule has 1 aliphatic heterocycles. The lowest BCUT2D eigenvalue weighted by Crippen LogP contribution is -2.42. The van der Waals surface area contributed by atoms with Gasteiger partial charge in [0.15, 0.2) is 5.72 Å². The van der Waals surface area contributed by atoms with E-state index in [0.717, 1.165) is 0 Å². The van der Waals surface area contributed by atoms with Gasteiger partial charge in [-0.25, -0.2) is 0 Å². The van der Waals surface area contributed by atoms with Crippen molar-refractivity contribution in [2.45, 2.75) is 5.72 Å². The quantitative estimate of drug-likeness (QED) is 0.658. The minimum Gasteiger partial charge on any atom is -0.414 e. The Hall–Kier alpha value is -0.0600. The van der Waals surface area contributed by atoms with E-state index in [1.807, 2.05) is 6.08 Å². The molecule has 0 bridgehead atoms. The summed E-state index contributed by atoms with van der Waals surface area (Å²) in [7, 11) is 1.62. The summed E-state index contributed by atoms with van der Waals surface area (Å²) in [4.78, 5) is 4.76. The summed E-state index contributed by atoms with van der Waals surface area (Å²) in [6.07, 6.45) is 3.37. The molecule has 3 nitrogen and oxygen atoms in total. The molecule has 0 aliphatic carbocycles. The van der Waals surface area contributed by atoms with Gasteiger partial charge >= 0.3 is 0 Å². The van der Waals surface area contributed by atoms with Gasteiger partial charge in [-0.2, -0.15) is 0 Å². The Bertz CT molecular complexity index is 122. The summed E-state index contributed by atoms with van der Waals surface area (Å²) in [6, 6.07) is 0. The molecule has 0 fully saturated rings. The Labute approximate surface area is 62.1 Å². The maximum absolute atomic E-state index is 5.08. The SMILES string of the molecule is COC1(CBr)C=CON1. The summed E-state index contributed by atoms with van der Waals surface area (Å²) >= 11 is 3.27. The zero-order valence-corrected chi connectivity index (χ0v) is 6.64. The number of hydrogen-bond donors (Lipinski definition) is 1. The smallest absolute Gasteiger partial charge is 0.182 e. The Morgan fingerprint density at radius 2 is 2.67 bits per heavy atom. The molecule has 1 unspecified atom stereocenters. The van der Waals surface area contributed by atoms with Crippen molar-refractivity contribution in [1.29, 1.82) is 0 Å². The van der Waals surface area contributed by atoms with Crippen molar-refractivity contribution in [2.75, 3.05) is 12.4 Å². The average Bonchev–Trinajstić information content (AvgIpc) is 2.36.